The molecule has 2 aromatic heterocycles. The summed E-state index contributed by atoms with van der Waals surface area (Å²) in [5, 5.41) is 12.8. The molecule has 2 aromatic rings. The number of aromatic nitrogens is 3. The molecule has 0 aliphatic carbocycles. The van der Waals surface area contributed by atoms with Gasteiger partial charge in [-0.15, -0.1) is 0 Å². The summed E-state index contributed by atoms with van der Waals surface area (Å²) in [5.41, 5.74) is 8.39. The second-order valence-corrected chi connectivity index (χ2v) is 6.44. The Morgan fingerprint density at radius 3 is 2.64 bits per heavy atom. The molecule has 0 saturated heterocycles. The highest BCUT2D eigenvalue weighted by Gasteiger charge is 2.15. The van der Waals surface area contributed by atoms with E-state index in [0.717, 1.165) is 41.8 Å². The largest absolute Gasteiger partial charge is 0.496 e. The van der Waals surface area contributed by atoms with E-state index in [1.807, 2.05) is 13.8 Å². The molecule has 0 fully saturated rings. The molecule has 0 bridgehead atoms. The second kappa shape index (κ2) is 11.6. The van der Waals surface area contributed by atoms with Crippen molar-refractivity contribution < 1.29 is 14.6 Å². The quantitative estimate of drug-likeness (QED) is 0.549. The molecule has 0 spiro atoms. The van der Waals surface area contributed by atoms with Crippen molar-refractivity contribution in [1.29, 1.82) is 0 Å². The van der Waals surface area contributed by atoms with Gasteiger partial charge in [0.15, 0.2) is 11.6 Å². The number of aryl methyl sites for hydroxylation is 1. The van der Waals surface area contributed by atoms with Gasteiger partial charge in [-0.2, -0.15) is 18.5 Å². The monoisotopic (exact) mass is 409 g/mol. The Labute approximate surface area is 173 Å². The van der Waals surface area contributed by atoms with Crippen LogP contribution in [0.4, 0.5) is 11.8 Å². The van der Waals surface area contributed by atoms with Gasteiger partial charge in [0.25, 0.3) is 0 Å². The molecular formula is C19H31N5O3S. The number of nitrogen functional groups attached to an aromatic ring is 1. The molecule has 1 atom stereocenters. The van der Waals surface area contributed by atoms with Crippen LogP contribution >= 0.6 is 13.5 Å². The minimum Gasteiger partial charge on any atom is -0.496 e. The first-order chi connectivity index (χ1) is 13.0. The smallest absolute Gasteiger partial charge is 0.222 e. The normalized spacial score (nSPS) is 11.5. The molecule has 0 aliphatic rings. The molecule has 0 saturated carbocycles. The van der Waals surface area contributed by atoms with Crippen molar-refractivity contribution in [2.45, 2.75) is 52.7 Å². The van der Waals surface area contributed by atoms with E-state index in [-0.39, 0.29) is 38.7 Å². The lowest BCUT2D eigenvalue weighted by Crippen LogP contribution is -2.25. The third kappa shape index (κ3) is 6.13. The average molecular weight is 410 g/mol. The third-order valence-electron chi connectivity index (χ3n) is 4.36. The number of hydrogen-bond acceptors (Lipinski definition) is 8. The first-order valence-corrected chi connectivity index (χ1v) is 9.11. The topological polar surface area (TPSA) is 115 Å². The van der Waals surface area contributed by atoms with Crippen LogP contribution in [0.5, 0.6) is 11.5 Å². The van der Waals surface area contributed by atoms with E-state index in [4.69, 9.17) is 15.2 Å². The van der Waals surface area contributed by atoms with Crippen LogP contribution in [-0.2, 0) is 6.61 Å². The molecule has 0 aliphatic heterocycles. The first kappa shape index (κ1) is 23.8. The van der Waals surface area contributed by atoms with Crippen LogP contribution in [0.3, 0.4) is 0 Å². The van der Waals surface area contributed by atoms with Gasteiger partial charge in [0.05, 0.1) is 31.6 Å². The van der Waals surface area contributed by atoms with Crippen molar-refractivity contribution in [1.82, 2.24) is 15.0 Å². The van der Waals surface area contributed by atoms with Gasteiger partial charge in [0.1, 0.15) is 12.4 Å². The number of nitrogens with two attached hydrogens (primary N) is 1. The average Bonchev–Trinajstić information content (AvgIpc) is 2.66. The lowest BCUT2D eigenvalue weighted by Gasteiger charge is -2.19. The Balaban J connectivity index is 0.00000392. The van der Waals surface area contributed by atoms with Crippen molar-refractivity contribution in [3.63, 3.8) is 0 Å². The number of methoxy groups -OCH3 is 1. The summed E-state index contributed by atoms with van der Waals surface area (Å²) >= 11 is 0. The van der Waals surface area contributed by atoms with E-state index in [2.05, 4.69) is 27.2 Å². The van der Waals surface area contributed by atoms with E-state index in [9.17, 15) is 5.11 Å². The number of unbranched alkanes of at least 4 members (excludes halogenated alkanes) is 1. The summed E-state index contributed by atoms with van der Waals surface area (Å²) in [4.78, 5) is 12.7. The minimum absolute atomic E-state index is 0. The number of rotatable bonds is 10. The molecule has 2 rings (SSSR count). The van der Waals surface area contributed by atoms with Gasteiger partial charge in [-0.3, -0.25) is 4.98 Å². The fourth-order valence-corrected chi connectivity index (χ4v) is 2.81. The van der Waals surface area contributed by atoms with E-state index >= 15 is 0 Å². The molecule has 9 heteroatoms. The highest BCUT2D eigenvalue weighted by Crippen LogP contribution is 2.27. The summed E-state index contributed by atoms with van der Waals surface area (Å²) in [6.07, 6.45) is 6.16. The number of nitrogens with zero attached hydrogens (tertiary/aromatic N) is 3. The molecule has 156 valence electrons. The number of hydrogen-bond donors (Lipinski definition) is 3. The van der Waals surface area contributed by atoms with E-state index in [0.29, 0.717) is 11.6 Å². The van der Waals surface area contributed by atoms with Crippen molar-refractivity contribution in [3.05, 3.63) is 29.2 Å². The van der Waals surface area contributed by atoms with Crippen LogP contribution in [-0.4, -0.2) is 39.8 Å². The van der Waals surface area contributed by atoms with Crippen molar-refractivity contribution in [3.8, 4) is 11.5 Å². The Bertz CT molecular complexity index is 761. The van der Waals surface area contributed by atoms with Crippen LogP contribution in [0.2, 0.25) is 0 Å². The maximum absolute atomic E-state index is 9.60. The van der Waals surface area contributed by atoms with Crippen LogP contribution in [0, 0.1) is 13.8 Å². The van der Waals surface area contributed by atoms with Crippen LogP contribution < -0.4 is 20.5 Å². The minimum atomic E-state index is -0.124. The van der Waals surface area contributed by atoms with E-state index in [1.165, 1.54) is 6.20 Å². The van der Waals surface area contributed by atoms with E-state index in [1.54, 1.807) is 13.3 Å². The van der Waals surface area contributed by atoms with Crippen molar-refractivity contribution >= 4 is 25.3 Å². The number of aliphatic hydroxyl groups is 1. The molecule has 0 radical (unpaired) electrons. The van der Waals surface area contributed by atoms with Gasteiger partial charge >= 0.3 is 0 Å². The zero-order chi connectivity index (χ0) is 19.8. The zero-order valence-electron chi connectivity index (χ0n) is 17.0. The summed E-state index contributed by atoms with van der Waals surface area (Å²) < 4.78 is 11.3. The maximum atomic E-state index is 9.60. The summed E-state index contributed by atoms with van der Waals surface area (Å²) in [6, 6.07) is -0.124. The predicted octanol–water partition coefficient (Wildman–Crippen LogP) is 2.73. The molecule has 0 aromatic carbocycles. The van der Waals surface area contributed by atoms with Gasteiger partial charge in [0.2, 0.25) is 5.95 Å². The molecule has 4 N–H and O–H groups in total. The number of nitrogens with one attached hydrogen (secondary N) is 1. The van der Waals surface area contributed by atoms with Crippen molar-refractivity contribution in [2.24, 2.45) is 0 Å². The first-order valence-electron chi connectivity index (χ1n) is 9.11. The van der Waals surface area contributed by atoms with Gasteiger partial charge in [-0.1, -0.05) is 19.8 Å². The highest BCUT2D eigenvalue weighted by atomic mass is 32.1. The molecule has 28 heavy (non-hydrogen) atoms. The van der Waals surface area contributed by atoms with Gasteiger partial charge in [-0.05, 0) is 20.3 Å². The third-order valence-corrected chi connectivity index (χ3v) is 4.36. The Morgan fingerprint density at radius 2 is 2.00 bits per heavy atom. The maximum Gasteiger partial charge on any atom is 0.222 e. The molecule has 0 unspecified atom stereocenters. The van der Waals surface area contributed by atoms with Crippen LogP contribution in [0.25, 0.3) is 0 Å². The standard InChI is InChI=1S/C19H29N5O3.H2S/c1-5-6-7-14(10-25)23-18-16(9-22-19(20)24-18)27-11-15-13(3)17(26-4)12(2)8-21-15;/h8-9,14,25H,5-7,10-11H2,1-4H3,(H3,20,22,23,24);1H2/t14-;/m0./s1. The molecule has 8 nitrogen and oxygen atoms in total. The van der Waals surface area contributed by atoms with E-state index < -0.39 is 0 Å². The second-order valence-electron chi connectivity index (χ2n) is 6.44. The fraction of sp³-hybridized carbons (Fsp3) is 0.526. The lowest BCUT2D eigenvalue weighted by atomic mass is 10.1. The number of ether oxygens (including phenoxy) is 2. The SMILES string of the molecule is CCCC[C@@H](CO)Nc1nc(N)ncc1OCc1ncc(C)c(OC)c1C.S. The zero-order valence-corrected chi connectivity index (χ0v) is 18.0. The summed E-state index contributed by atoms with van der Waals surface area (Å²) in [6.45, 7) is 6.24. The molecular weight excluding hydrogens is 378 g/mol. The molecule has 2 heterocycles. The van der Waals surface area contributed by atoms with Gasteiger partial charge in [0, 0.05) is 17.3 Å². The predicted molar refractivity (Wildman–Crippen MR) is 115 cm³/mol. The number of pyridine rings is 1. The summed E-state index contributed by atoms with van der Waals surface area (Å²) in [5.74, 6) is 1.87. The fourth-order valence-electron chi connectivity index (χ4n) is 2.81. The lowest BCUT2D eigenvalue weighted by molar-refractivity contribution is 0.265. The Morgan fingerprint density at radius 1 is 1.25 bits per heavy atom. The Kier molecular flexibility index (Phi) is 9.81. The summed E-state index contributed by atoms with van der Waals surface area (Å²) in [7, 11) is 1.64. The molecule has 0 amide bonds. The van der Waals surface area contributed by atoms with Crippen molar-refractivity contribution in [2.75, 3.05) is 24.8 Å². The number of anilines is 2. The highest BCUT2D eigenvalue weighted by molar-refractivity contribution is 7.59. The van der Waals surface area contributed by atoms with Gasteiger partial charge in [-0.25, -0.2) is 4.98 Å². The van der Waals surface area contributed by atoms with Crippen LogP contribution in [0.1, 0.15) is 43.0 Å². The van der Waals surface area contributed by atoms with Crippen LogP contribution in [0.15, 0.2) is 12.4 Å². The Hall–Kier alpha value is -2.26. The van der Waals surface area contributed by atoms with Gasteiger partial charge < -0.3 is 25.6 Å². The number of aliphatic hydroxyl groups excluding tert-OH is 1.